The van der Waals surface area contributed by atoms with Crippen LogP contribution in [0.1, 0.15) is 31.2 Å². The lowest BCUT2D eigenvalue weighted by Crippen LogP contribution is -2.46. The Balaban J connectivity index is 1.32. The Morgan fingerprint density at radius 2 is 1.97 bits per heavy atom. The lowest BCUT2D eigenvalue weighted by atomic mass is 10.2. The fourth-order valence-corrected chi connectivity index (χ4v) is 3.68. The first-order chi connectivity index (χ1) is 14.7. The molecule has 1 fully saturated rings. The SMILES string of the molecule is CCNC(=NCc1ncnn1C)NCCCCN1CCN(c2cccc(C)c2)CC1. The Morgan fingerprint density at radius 1 is 1.13 bits per heavy atom. The molecular weight excluding hydrogens is 376 g/mol. The third-order valence-corrected chi connectivity index (χ3v) is 5.46. The van der Waals surface area contributed by atoms with Gasteiger partial charge >= 0.3 is 0 Å². The fourth-order valence-electron chi connectivity index (χ4n) is 3.68. The Morgan fingerprint density at radius 3 is 2.67 bits per heavy atom. The van der Waals surface area contributed by atoms with E-state index >= 15 is 0 Å². The molecule has 0 unspecified atom stereocenters. The first-order valence-electron chi connectivity index (χ1n) is 11.0. The van der Waals surface area contributed by atoms with Gasteiger partial charge in [-0.25, -0.2) is 9.98 Å². The van der Waals surface area contributed by atoms with Crippen molar-refractivity contribution in [1.29, 1.82) is 0 Å². The molecule has 0 aliphatic carbocycles. The molecule has 0 atom stereocenters. The molecule has 1 aromatic carbocycles. The molecule has 0 bridgehead atoms. The highest BCUT2D eigenvalue weighted by Gasteiger charge is 2.16. The third kappa shape index (κ3) is 6.73. The van der Waals surface area contributed by atoms with E-state index in [0.717, 1.165) is 64.0 Å². The Bertz CT molecular complexity index is 792. The van der Waals surface area contributed by atoms with Crippen LogP contribution in [0.25, 0.3) is 0 Å². The molecule has 1 saturated heterocycles. The van der Waals surface area contributed by atoms with Gasteiger partial charge in [0.2, 0.25) is 0 Å². The molecule has 0 amide bonds. The van der Waals surface area contributed by atoms with Crippen molar-refractivity contribution in [3.63, 3.8) is 0 Å². The molecule has 1 aliphatic rings. The number of unbranched alkanes of at least 4 members (excludes halogenated alkanes) is 1. The number of hydrogen-bond acceptors (Lipinski definition) is 5. The highest BCUT2D eigenvalue weighted by molar-refractivity contribution is 5.79. The number of piperazine rings is 1. The van der Waals surface area contributed by atoms with Crippen molar-refractivity contribution in [2.75, 3.05) is 50.7 Å². The average Bonchev–Trinajstić information content (AvgIpc) is 3.17. The summed E-state index contributed by atoms with van der Waals surface area (Å²) in [5.74, 6) is 1.70. The second-order valence-electron chi connectivity index (χ2n) is 7.80. The van der Waals surface area contributed by atoms with E-state index in [2.05, 4.69) is 73.6 Å². The van der Waals surface area contributed by atoms with E-state index in [1.54, 1.807) is 11.0 Å². The zero-order valence-electron chi connectivity index (χ0n) is 18.6. The van der Waals surface area contributed by atoms with Gasteiger partial charge in [0, 0.05) is 52.0 Å². The van der Waals surface area contributed by atoms with Gasteiger partial charge in [-0.05, 0) is 50.9 Å². The zero-order valence-corrected chi connectivity index (χ0v) is 18.6. The van der Waals surface area contributed by atoms with Crippen molar-refractivity contribution < 1.29 is 0 Å². The maximum atomic E-state index is 4.60. The number of aromatic nitrogens is 3. The molecule has 8 nitrogen and oxygen atoms in total. The van der Waals surface area contributed by atoms with E-state index in [4.69, 9.17) is 0 Å². The summed E-state index contributed by atoms with van der Waals surface area (Å²) >= 11 is 0. The standard InChI is InChI=1S/C22H36N8/c1-4-23-22(25-17-21-26-18-27-28(21)3)24-10-5-6-11-29-12-14-30(15-13-29)20-9-7-8-19(2)16-20/h7-9,16,18H,4-6,10-15,17H2,1-3H3,(H2,23,24,25). The summed E-state index contributed by atoms with van der Waals surface area (Å²) in [6.07, 6.45) is 3.89. The Kier molecular flexibility index (Phi) is 8.50. The summed E-state index contributed by atoms with van der Waals surface area (Å²) in [4.78, 5) is 13.9. The summed E-state index contributed by atoms with van der Waals surface area (Å²) in [5.41, 5.74) is 2.69. The number of benzene rings is 1. The fraction of sp³-hybridized carbons (Fsp3) is 0.591. The highest BCUT2D eigenvalue weighted by Crippen LogP contribution is 2.17. The number of nitrogens with one attached hydrogen (secondary N) is 2. The molecule has 3 rings (SSSR count). The van der Waals surface area contributed by atoms with E-state index in [9.17, 15) is 0 Å². The van der Waals surface area contributed by atoms with Crippen LogP contribution in [0.4, 0.5) is 5.69 Å². The van der Waals surface area contributed by atoms with Gasteiger partial charge in [-0.3, -0.25) is 9.58 Å². The van der Waals surface area contributed by atoms with Crippen LogP contribution in [0.5, 0.6) is 0 Å². The molecule has 2 N–H and O–H groups in total. The first kappa shape index (κ1) is 22.1. The monoisotopic (exact) mass is 412 g/mol. The van der Waals surface area contributed by atoms with Gasteiger partial charge in [0.05, 0.1) is 0 Å². The number of aryl methyl sites for hydroxylation is 2. The van der Waals surface area contributed by atoms with Gasteiger partial charge in [-0.1, -0.05) is 12.1 Å². The van der Waals surface area contributed by atoms with Crippen molar-refractivity contribution in [2.24, 2.45) is 12.0 Å². The lowest BCUT2D eigenvalue weighted by Gasteiger charge is -2.36. The van der Waals surface area contributed by atoms with Crippen LogP contribution < -0.4 is 15.5 Å². The number of rotatable bonds is 9. The number of nitrogens with zero attached hydrogens (tertiary/aromatic N) is 6. The molecule has 0 saturated carbocycles. The predicted molar refractivity (Wildman–Crippen MR) is 123 cm³/mol. The molecule has 0 radical (unpaired) electrons. The molecular formula is C22H36N8. The van der Waals surface area contributed by atoms with Gasteiger partial charge in [0.25, 0.3) is 0 Å². The topological polar surface area (TPSA) is 73.6 Å². The Labute approximate surface area is 180 Å². The van der Waals surface area contributed by atoms with E-state index < -0.39 is 0 Å². The van der Waals surface area contributed by atoms with Crippen LogP contribution in [0.3, 0.4) is 0 Å². The number of anilines is 1. The predicted octanol–water partition coefficient (Wildman–Crippen LogP) is 1.78. The van der Waals surface area contributed by atoms with Crippen LogP contribution in [-0.4, -0.2) is 71.4 Å². The van der Waals surface area contributed by atoms with Gasteiger partial charge in [0.15, 0.2) is 5.96 Å². The smallest absolute Gasteiger partial charge is 0.191 e. The zero-order chi connectivity index (χ0) is 21.2. The molecule has 1 aliphatic heterocycles. The second-order valence-corrected chi connectivity index (χ2v) is 7.80. The number of guanidine groups is 1. The van der Waals surface area contributed by atoms with Crippen LogP contribution >= 0.6 is 0 Å². The molecule has 30 heavy (non-hydrogen) atoms. The molecule has 2 aromatic rings. The van der Waals surface area contributed by atoms with E-state index in [1.165, 1.54) is 17.7 Å². The second kappa shape index (κ2) is 11.5. The lowest BCUT2D eigenvalue weighted by molar-refractivity contribution is 0.253. The van der Waals surface area contributed by atoms with Gasteiger partial charge in [-0.2, -0.15) is 5.10 Å². The van der Waals surface area contributed by atoms with Crippen LogP contribution in [0.2, 0.25) is 0 Å². The summed E-state index contributed by atoms with van der Waals surface area (Å²) < 4.78 is 1.76. The quantitative estimate of drug-likeness (QED) is 0.372. The molecule has 164 valence electrons. The minimum Gasteiger partial charge on any atom is -0.369 e. The number of hydrogen-bond donors (Lipinski definition) is 2. The van der Waals surface area contributed by atoms with Crippen molar-refractivity contribution in [3.8, 4) is 0 Å². The van der Waals surface area contributed by atoms with Gasteiger partial charge < -0.3 is 15.5 Å². The largest absolute Gasteiger partial charge is 0.369 e. The average molecular weight is 413 g/mol. The summed E-state index contributed by atoms with van der Waals surface area (Å²) in [5, 5.41) is 10.8. The van der Waals surface area contributed by atoms with Gasteiger partial charge in [-0.15, -0.1) is 0 Å². The minimum absolute atomic E-state index is 0.525. The highest BCUT2D eigenvalue weighted by atomic mass is 15.3. The van der Waals surface area contributed by atoms with Gasteiger partial charge in [0.1, 0.15) is 18.7 Å². The maximum absolute atomic E-state index is 4.60. The van der Waals surface area contributed by atoms with E-state index in [-0.39, 0.29) is 0 Å². The molecule has 1 aromatic heterocycles. The normalized spacial score (nSPS) is 15.4. The van der Waals surface area contributed by atoms with Crippen molar-refractivity contribution in [2.45, 2.75) is 33.2 Å². The van der Waals surface area contributed by atoms with E-state index in [1.807, 2.05) is 7.05 Å². The third-order valence-electron chi connectivity index (χ3n) is 5.46. The Hall–Kier alpha value is -2.61. The first-order valence-corrected chi connectivity index (χ1v) is 11.0. The van der Waals surface area contributed by atoms with Crippen molar-refractivity contribution in [3.05, 3.63) is 42.0 Å². The van der Waals surface area contributed by atoms with Crippen molar-refractivity contribution in [1.82, 2.24) is 30.3 Å². The minimum atomic E-state index is 0.525. The number of aliphatic imine (C=N–C) groups is 1. The molecule has 2 heterocycles. The van der Waals surface area contributed by atoms with Crippen LogP contribution in [0.15, 0.2) is 35.6 Å². The molecule has 0 spiro atoms. The van der Waals surface area contributed by atoms with Crippen LogP contribution in [0, 0.1) is 6.92 Å². The summed E-state index contributed by atoms with van der Waals surface area (Å²) in [6, 6.07) is 8.83. The van der Waals surface area contributed by atoms with Crippen LogP contribution in [-0.2, 0) is 13.6 Å². The van der Waals surface area contributed by atoms with Crippen molar-refractivity contribution >= 4 is 11.6 Å². The maximum Gasteiger partial charge on any atom is 0.191 e. The molecule has 8 heteroatoms. The summed E-state index contributed by atoms with van der Waals surface area (Å²) in [7, 11) is 1.89. The van der Waals surface area contributed by atoms with E-state index in [0.29, 0.717) is 6.54 Å². The summed E-state index contributed by atoms with van der Waals surface area (Å²) in [6.45, 7) is 12.2.